The third kappa shape index (κ3) is 4.55. The molecular weight excluding hydrogens is 432 g/mol. The molecule has 3 nitrogen and oxygen atoms in total. The first-order valence-corrected chi connectivity index (χ1v) is 14.6. The number of rotatable bonds is 7. The van der Waals surface area contributed by atoms with Gasteiger partial charge in [-0.05, 0) is 97.3 Å². The lowest BCUT2D eigenvalue weighted by molar-refractivity contribution is -0.0594. The number of carbonyl (C=O) groups is 1. The molecule has 0 spiro atoms. The van der Waals surface area contributed by atoms with E-state index in [9.17, 15) is 4.79 Å². The highest BCUT2D eigenvalue weighted by molar-refractivity contribution is 5.89. The molecule has 1 aromatic rings. The summed E-state index contributed by atoms with van der Waals surface area (Å²) < 4.78 is 11.0. The second-order valence-electron chi connectivity index (χ2n) is 13.6. The van der Waals surface area contributed by atoms with E-state index in [1.807, 2.05) is 0 Å². The molecule has 0 unspecified atom stereocenters. The lowest BCUT2D eigenvalue weighted by atomic mass is 9.47. The molecule has 3 saturated carbocycles. The average Bonchev–Trinajstić information content (AvgIpc) is 3.47. The van der Waals surface area contributed by atoms with Crippen LogP contribution in [0.15, 0.2) is 34.7 Å². The summed E-state index contributed by atoms with van der Waals surface area (Å²) in [5.74, 6) is 4.92. The third-order valence-electron chi connectivity index (χ3n) is 11.3. The zero-order chi connectivity index (χ0) is 24.8. The van der Waals surface area contributed by atoms with Gasteiger partial charge in [0.25, 0.3) is 0 Å². The Bertz CT molecular complexity index is 913. The minimum atomic E-state index is -0.241. The predicted molar refractivity (Wildman–Crippen MR) is 141 cm³/mol. The maximum absolute atomic E-state index is 12.5. The van der Waals surface area contributed by atoms with Crippen molar-refractivity contribution in [1.82, 2.24) is 0 Å². The highest BCUT2D eigenvalue weighted by Crippen LogP contribution is 2.67. The van der Waals surface area contributed by atoms with Crippen molar-refractivity contribution in [3.63, 3.8) is 0 Å². The van der Waals surface area contributed by atoms with Gasteiger partial charge >= 0.3 is 5.97 Å². The van der Waals surface area contributed by atoms with Gasteiger partial charge in [-0.2, -0.15) is 0 Å². The number of allylic oxidation sites excluding steroid dienone is 1. The van der Waals surface area contributed by atoms with Crippen LogP contribution >= 0.6 is 0 Å². The van der Waals surface area contributed by atoms with Gasteiger partial charge in [0.05, 0.1) is 11.8 Å². The largest absolute Gasteiger partial charge is 0.472 e. The minimum Gasteiger partial charge on any atom is -0.472 e. The molecule has 35 heavy (non-hydrogen) atoms. The fourth-order valence-corrected chi connectivity index (χ4v) is 9.35. The van der Waals surface area contributed by atoms with Gasteiger partial charge in [-0.1, -0.05) is 65.5 Å². The van der Waals surface area contributed by atoms with Crippen molar-refractivity contribution >= 4 is 5.97 Å². The van der Waals surface area contributed by atoms with Gasteiger partial charge in [-0.15, -0.1) is 0 Å². The number of hydrogen-bond donors (Lipinski definition) is 0. The smallest absolute Gasteiger partial charge is 0.341 e. The van der Waals surface area contributed by atoms with E-state index in [4.69, 9.17) is 9.15 Å². The van der Waals surface area contributed by atoms with Crippen LogP contribution in [0.1, 0.15) is 116 Å². The second kappa shape index (κ2) is 9.75. The molecule has 8 atom stereocenters. The maximum Gasteiger partial charge on any atom is 0.341 e. The zero-order valence-electron chi connectivity index (χ0n) is 22.9. The van der Waals surface area contributed by atoms with Crippen molar-refractivity contribution in [2.24, 2.45) is 46.3 Å². The van der Waals surface area contributed by atoms with Gasteiger partial charge in [0, 0.05) is 6.42 Å². The van der Waals surface area contributed by atoms with E-state index in [2.05, 4.69) is 40.7 Å². The fourth-order valence-electron chi connectivity index (χ4n) is 9.35. The molecule has 0 bridgehead atoms. The first kappa shape index (κ1) is 25.2. The average molecular weight is 481 g/mol. The Morgan fingerprint density at radius 1 is 1.09 bits per heavy atom. The summed E-state index contributed by atoms with van der Waals surface area (Å²) in [4.78, 5) is 12.5. The Kier molecular flexibility index (Phi) is 7.01. The SMILES string of the molecule is CC(C)CCC[C@@H](C)[C@H]1CC[C@H]2[C@@H]3CC=C4C[C@@H](OC(=O)c5ccoc5)CC[C@]4(C)[C@H]3CC[C@]12C. The summed E-state index contributed by atoms with van der Waals surface area (Å²) in [5.41, 5.74) is 2.94. The number of hydrogen-bond acceptors (Lipinski definition) is 3. The van der Waals surface area contributed by atoms with Crippen molar-refractivity contribution < 1.29 is 13.9 Å². The summed E-state index contributed by atoms with van der Waals surface area (Å²) >= 11 is 0. The fraction of sp³-hybridized carbons (Fsp3) is 0.781. The molecule has 0 aliphatic heterocycles. The molecule has 5 rings (SSSR count). The number of ether oxygens (including phenoxy) is 1. The van der Waals surface area contributed by atoms with Crippen LogP contribution in [0, 0.1) is 46.3 Å². The van der Waals surface area contributed by atoms with Gasteiger partial charge in [0.2, 0.25) is 0 Å². The summed E-state index contributed by atoms with van der Waals surface area (Å²) in [5, 5.41) is 0. The van der Waals surface area contributed by atoms with Gasteiger partial charge in [-0.25, -0.2) is 4.79 Å². The normalized spacial score (nSPS) is 39.4. The van der Waals surface area contributed by atoms with Crippen LogP contribution < -0.4 is 0 Å². The number of fused-ring (bicyclic) bond motifs is 5. The molecule has 0 saturated heterocycles. The van der Waals surface area contributed by atoms with E-state index in [1.54, 1.807) is 11.6 Å². The molecular formula is C32H48O3. The van der Waals surface area contributed by atoms with Crippen molar-refractivity contribution in [3.8, 4) is 0 Å². The van der Waals surface area contributed by atoms with E-state index in [-0.39, 0.29) is 12.1 Å². The van der Waals surface area contributed by atoms with E-state index in [1.165, 1.54) is 63.9 Å². The summed E-state index contributed by atoms with van der Waals surface area (Å²) in [6.45, 7) is 12.5. The molecule has 0 aromatic carbocycles. The number of carbonyl (C=O) groups excluding carboxylic acids is 1. The van der Waals surface area contributed by atoms with Gasteiger partial charge in [0.1, 0.15) is 12.4 Å². The standard InChI is InChI=1S/C32H48O3/c1-21(2)7-6-8-22(3)27-11-12-28-26-10-9-24-19-25(35-30(33)23-15-18-34-20-23)13-16-31(24,4)29(26)14-17-32(27,28)5/h9,15,18,20-22,25-29H,6-8,10-14,16-17,19H2,1-5H3/t22-,25+,26+,27-,28+,29+,31+,32-/m1/s1. The van der Waals surface area contributed by atoms with Crippen LogP contribution in [0.25, 0.3) is 0 Å². The molecule has 0 N–H and O–H groups in total. The van der Waals surface area contributed by atoms with Crippen LogP contribution in [0.4, 0.5) is 0 Å². The van der Waals surface area contributed by atoms with E-state index >= 15 is 0 Å². The Morgan fingerprint density at radius 3 is 2.66 bits per heavy atom. The van der Waals surface area contributed by atoms with Crippen molar-refractivity contribution in [1.29, 1.82) is 0 Å². The monoisotopic (exact) mass is 480 g/mol. The molecule has 3 fully saturated rings. The van der Waals surface area contributed by atoms with Crippen LogP contribution in [-0.4, -0.2) is 12.1 Å². The second-order valence-corrected chi connectivity index (χ2v) is 13.6. The molecule has 0 amide bonds. The molecule has 194 valence electrons. The molecule has 0 radical (unpaired) electrons. The predicted octanol–water partition coefficient (Wildman–Crippen LogP) is 8.85. The molecule has 1 aromatic heterocycles. The quantitative estimate of drug-likeness (QED) is 0.289. The Hall–Kier alpha value is -1.51. The maximum atomic E-state index is 12.5. The molecule has 1 heterocycles. The summed E-state index contributed by atoms with van der Waals surface area (Å²) in [6.07, 6.45) is 19.8. The van der Waals surface area contributed by atoms with Crippen molar-refractivity contribution in [3.05, 3.63) is 35.8 Å². The van der Waals surface area contributed by atoms with Gasteiger partial charge in [0.15, 0.2) is 0 Å². The Balaban J connectivity index is 1.26. The van der Waals surface area contributed by atoms with Crippen molar-refractivity contribution in [2.45, 2.75) is 111 Å². The van der Waals surface area contributed by atoms with Gasteiger partial charge < -0.3 is 9.15 Å². The first-order chi connectivity index (χ1) is 16.7. The molecule has 4 aliphatic carbocycles. The highest BCUT2D eigenvalue weighted by Gasteiger charge is 2.59. The minimum absolute atomic E-state index is 0.00433. The summed E-state index contributed by atoms with van der Waals surface area (Å²) in [7, 11) is 0. The van der Waals surface area contributed by atoms with Crippen LogP contribution in [0.5, 0.6) is 0 Å². The molecule has 3 heteroatoms. The van der Waals surface area contributed by atoms with Crippen LogP contribution in [-0.2, 0) is 4.74 Å². The summed E-state index contributed by atoms with van der Waals surface area (Å²) in [6, 6.07) is 1.69. The van der Waals surface area contributed by atoms with E-state index in [0.29, 0.717) is 16.4 Å². The van der Waals surface area contributed by atoms with Gasteiger partial charge in [-0.3, -0.25) is 0 Å². The first-order valence-electron chi connectivity index (χ1n) is 14.6. The Labute approximate surface area is 213 Å². The number of esters is 1. The third-order valence-corrected chi connectivity index (χ3v) is 11.3. The Morgan fingerprint density at radius 2 is 1.91 bits per heavy atom. The van der Waals surface area contributed by atoms with Crippen molar-refractivity contribution in [2.75, 3.05) is 0 Å². The lowest BCUT2D eigenvalue weighted by Gasteiger charge is -2.58. The highest BCUT2D eigenvalue weighted by atomic mass is 16.5. The lowest BCUT2D eigenvalue weighted by Crippen LogP contribution is -2.51. The van der Waals surface area contributed by atoms with E-state index in [0.717, 1.165) is 54.8 Å². The van der Waals surface area contributed by atoms with Crippen LogP contribution in [0.3, 0.4) is 0 Å². The zero-order valence-corrected chi connectivity index (χ0v) is 22.9. The van der Waals surface area contributed by atoms with E-state index < -0.39 is 0 Å². The topological polar surface area (TPSA) is 39.4 Å². The van der Waals surface area contributed by atoms with Crippen LogP contribution in [0.2, 0.25) is 0 Å². The number of furan rings is 1. The molecule has 4 aliphatic rings.